The Hall–Kier alpha value is -7.37. The molecule has 0 N–H and O–H groups in total. The molecule has 10 aromatic rings. The highest BCUT2D eigenvalue weighted by Crippen LogP contribution is 2.41. The molecule has 0 amide bonds. The molecule has 1 aliphatic carbocycles. The van der Waals surface area contributed by atoms with E-state index in [9.17, 15) is 0 Å². The summed E-state index contributed by atoms with van der Waals surface area (Å²) in [6.07, 6.45) is 4.42. The standard InChI is InChI=1S/C51H34N4O/c1-4-13-33(14-5-1)38-27-29-42-41-19-10-11-21-44(41)55(45(42)31-38)39-28-30-43-47(32-39)56-46-22-12-20-40(48(43)46)34-23-25-37(26-24-34)51-53-49(35-15-6-2-7-16-35)52-50(54-51)36-17-8-3-9-18-36/h1-26,28,30-32H,27,29H2. The average molecular weight is 719 g/mol. The summed E-state index contributed by atoms with van der Waals surface area (Å²) in [5.74, 6) is 1.93. The van der Waals surface area contributed by atoms with Crippen LogP contribution in [0.25, 0.3) is 95.5 Å². The fraction of sp³-hybridized carbons (Fsp3) is 0.0392. The van der Waals surface area contributed by atoms with Crippen molar-refractivity contribution in [1.29, 1.82) is 0 Å². The van der Waals surface area contributed by atoms with Gasteiger partial charge in [-0.15, -0.1) is 0 Å². The zero-order valence-corrected chi connectivity index (χ0v) is 30.4. The van der Waals surface area contributed by atoms with Gasteiger partial charge in [0.1, 0.15) is 11.2 Å². The molecule has 5 heteroatoms. The number of hydrogen-bond donors (Lipinski definition) is 0. The van der Waals surface area contributed by atoms with Gasteiger partial charge in [0.25, 0.3) is 0 Å². The maximum absolute atomic E-state index is 6.65. The van der Waals surface area contributed by atoms with Crippen LogP contribution in [0.2, 0.25) is 0 Å². The molecule has 0 fully saturated rings. The van der Waals surface area contributed by atoms with Crippen LogP contribution in [0, 0.1) is 0 Å². The van der Waals surface area contributed by atoms with E-state index >= 15 is 0 Å². The number of para-hydroxylation sites is 1. The molecule has 3 heterocycles. The quantitative estimate of drug-likeness (QED) is 0.172. The number of furan rings is 1. The molecule has 0 aliphatic heterocycles. The van der Waals surface area contributed by atoms with E-state index in [1.54, 1.807) is 0 Å². The van der Waals surface area contributed by atoms with Crippen LogP contribution >= 0.6 is 0 Å². The van der Waals surface area contributed by atoms with E-state index in [2.05, 4.69) is 126 Å². The third-order valence-corrected chi connectivity index (χ3v) is 11.0. The van der Waals surface area contributed by atoms with Crippen molar-refractivity contribution in [2.75, 3.05) is 0 Å². The third-order valence-electron chi connectivity index (χ3n) is 11.0. The van der Waals surface area contributed by atoms with Crippen molar-refractivity contribution in [2.45, 2.75) is 12.8 Å². The Morgan fingerprint density at radius 3 is 1.71 bits per heavy atom. The van der Waals surface area contributed by atoms with Crippen molar-refractivity contribution in [3.05, 3.63) is 193 Å². The van der Waals surface area contributed by atoms with Crippen LogP contribution in [0.5, 0.6) is 0 Å². The van der Waals surface area contributed by atoms with Crippen molar-refractivity contribution >= 4 is 44.5 Å². The van der Waals surface area contributed by atoms with Gasteiger partial charge in [-0.1, -0.05) is 146 Å². The van der Waals surface area contributed by atoms with Crippen LogP contribution in [0.3, 0.4) is 0 Å². The minimum Gasteiger partial charge on any atom is -0.456 e. The van der Waals surface area contributed by atoms with Gasteiger partial charge in [0, 0.05) is 44.6 Å². The van der Waals surface area contributed by atoms with Crippen molar-refractivity contribution < 1.29 is 4.42 Å². The number of benzene rings is 7. The zero-order valence-electron chi connectivity index (χ0n) is 30.4. The Balaban J connectivity index is 0.995. The minimum atomic E-state index is 0.634. The molecule has 7 aromatic carbocycles. The predicted molar refractivity (Wildman–Crippen MR) is 228 cm³/mol. The molecular weight excluding hydrogens is 685 g/mol. The van der Waals surface area contributed by atoms with Gasteiger partial charge in [-0.2, -0.15) is 0 Å². The average Bonchev–Trinajstić information content (AvgIpc) is 3.82. The van der Waals surface area contributed by atoms with E-state index in [4.69, 9.17) is 19.4 Å². The molecule has 56 heavy (non-hydrogen) atoms. The molecule has 3 aromatic heterocycles. The first-order valence-corrected chi connectivity index (χ1v) is 19.1. The Morgan fingerprint density at radius 1 is 0.446 bits per heavy atom. The van der Waals surface area contributed by atoms with Crippen LogP contribution in [-0.2, 0) is 6.42 Å². The fourth-order valence-electron chi connectivity index (χ4n) is 8.33. The van der Waals surface area contributed by atoms with Crippen LogP contribution in [0.4, 0.5) is 0 Å². The van der Waals surface area contributed by atoms with Gasteiger partial charge in [-0.25, -0.2) is 15.0 Å². The smallest absolute Gasteiger partial charge is 0.164 e. The second-order valence-corrected chi connectivity index (χ2v) is 14.3. The molecule has 11 rings (SSSR count). The lowest BCUT2D eigenvalue weighted by Gasteiger charge is -2.17. The lowest BCUT2D eigenvalue weighted by atomic mass is 9.91. The second-order valence-electron chi connectivity index (χ2n) is 14.3. The number of allylic oxidation sites excluding steroid dienone is 1. The lowest BCUT2D eigenvalue weighted by Crippen LogP contribution is -2.03. The molecule has 0 radical (unpaired) electrons. The summed E-state index contributed by atoms with van der Waals surface area (Å²) in [7, 11) is 0. The van der Waals surface area contributed by atoms with Gasteiger partial charge in [-0.05, 0) is 71.0 Å². The zero-order chi connectivity index (χ0) is 37.0. The van der Waals surface area contributed by atoms with E-state index in [-0.39, 0.29) is 0 Å². The molecule has 0 spiro atoms. The highest BCUT2D eigenvalue weighted by atomic mass is 16.3. The molecule has 264 valence electrons. The Bertz CT molecular complexity index is 3050. The highest BCUT2D eigenvalue weighted by Gasteiger charge is 2.23. The molecule has 0 saturated carbocycles. The number of aromatic nitrogens is 4. The monoisotopic (exact) mass is 718 g/mol. The highest BCUT2D eigenvalue weighted by molar-refractivity contribution is 6.13. The van der Waals surface area contributed by atoms with Gasteiger partial charge >= 0.3 is 0 Å². The van der Waals surface area contributed by atoms with Crippen molar-refractivity contribution in [3.8, 4) is 51.0 Å². The van der Waals surface area contributed by atoms with E-state index in [0.717, 1.165) is 68.3 Å². The molecule has 1 aliphatic rings. The maximum Gasteiger partial charge on any atom is 0.164 e. The summed E-state index contributed by atoms with van der Waals surface area (Å²) >= 11 is 0. The van der Waals surface area contributed by atoms with Crippen molar-refractivity contribution in [3.63, 3.8) is 0 Å². The van der Waals surface area contributed by atoms with Crippen molar-refractivity contribution in [2.24, 2.45) is 0 Å². The number of rotatable bonds is 6. The van der Waals surface area contributed by atoms with Crippen LogP contribution in [0.15, 0.2) is 180 Å². The first-order chi connectivity index (χ1) is 27.7. The summed E-state index contributed by atoms with van der Waals surface area (Å²) in [5.41, 5.74) is 14.4. The summed E-state index contributed by atoms with van der Waals surface area (Å²) in [6.45, 7) is 0. The third kappa shape index (κ3) is 5.44. The SMILES string of the molecule is C1=C(c2ccccc2)CCc2c1n(-c1ccc3c(c1)oc1cccc(-c4ccc(-c5nc(-c6ccccc6)nc(-c6ccccc6)n5)cc4)c13)c1ccccc21. The number of fused-ring (bicyclic) bond motifs is 6. The first kappa shape index (κ1) is 32.1. The van der Waals surface area contributed by atoms with Gasteiger partial charge in [-0.3, -0.25) is 0 Å². The normalized spacial score (nSPS) is 12.6. The molecule has 0 bridgehead atoms. The lowest BCUT2D eigenvalue weighted by molar-refractivity contribution is 0.668. The Morgan fingerprint density at radius 2 is 1.04 bits per heavy atom. The second kappa shape index (κ2) is 13.2. The Labute approximate surface area is 323 Å². The van der Waals surface area contributed by atoms with Gasteiger partial charge in [0.15, 0.2) is 17.5 Å². The van der Waals surface area contributed by atoms with Gasteiger partial charge in [0.05, 0.1) is 11.2 Å². The van der Waals surface area contributed by atoms with Crippen molar-refractivity contribution in [1.82, 2.24) is 19.5 Å². The molecule has 0 atom stereocenters. The molecule has 5 nitrogen and oxygen atoms in total. The van der Waals surface area contributed by atoms with Crippen LogP contribution < -0.4 is 0 Å². The predicted octanol–water partition coefficient (Wildman–Crippen LogP) is 12.9. The maximum atomic E-state index is 6.65. The number of aryl methyl sites for hydroxylation is 1. The molecular formula is C51H34N4O. The fourth-order valence-corrected chi connectivity index (χ4v) is 8.33. The van der Waals surface area contributed by atoms with Gasteiger partial charge in [0.2, 0.25) is 0 Å². The number of hydrogen-bond acceptors (Lipinski definition) is 4. The Kier molecular flexibility index (Phi) is 7.56. The summed E-state index contributed by atoms with van der Waals surface area (Å²) in [5, 5.41) is 3.50. The number of nitrogens with zero attached hydrogens (tertiary/aromatic N) is 4. The van der Waals surface area contributed by atoms with Crippen LogP contribution in [-0.4, -0.2) is 19.5 Å². The largest absolute Gasteiger partial charge is 0.456 e. The first-order valence-electron chi connectivity index (χ1n) is 19.1. The van der Waals surface area contributed by atoms with Crippen LogP contribution in [0.1, 0.15) is 23.2 Å². The minimum absolute atomic E-state index is 0.634. The van der Waals surface area contributed by atoms with Gasteiger partial charge < -0.3 is 8.98 Å². The van der Waals surface area contributed by atoms with E-state index in [1.807, 2.05) is 60.7 Å². The van der Waals surface area contributed by atoms with E-state index in [0.29, 0.717) is 17.5 Å². The summed E-state index contributed by atoms with van der Waals surface area (Å²) in [4.78, 5) is 14.7. The molecule has 0 saturated heterocycles. The summed E-state index contributed by atoms with van der Waals surface area (Å²) in [6, 6.07) is 61.2. The topological polar surface area (TPSA) is 56.7 Å². The van der Waals surface area contributed by atoms with E-state index < -0.39 is 0 Å². The van der Waals surface area contributed by atoms with E-state index in [1.165, 1.54) is 33.3 Å². The molecule has 0 unspecified atom stereocenters. The summed E-state index contributed by atoms with van der Waals surface area (Å²) < 4.78 is 9.06.